The minimum Gasteiger partial charge on any atom is -0.481 e. The van der Waals surface area contributed by atoms with Gasteiger partial charge in [0.2, 0.25) is 0 Å². The number of rotatable bonds is 2. The predicted octanol–water partition coefficient (Wildman–Crippen LogP) is 3.60. The van der Waals surface area contributed by atoms with E-state index >= 15 is 0 Å². The fourth-order valence-corrected chi connectivity index (χ4v) is 5.60. The van der Waals surface area contributed by atoms with Crippen molar-refractivity contribution in [2.45, 2.75) is 37.5 Å². The summed E-state index contributed by atoms with van der Waals surface area (Å²) in [5.74, 6) is 0.940. The number of carboxylic acid groups (broad SMARTS) is 1. The van der Waals surface area contributed by atoms with Gasteiger partial charge in [0.25, 0.3) is 0 Å². The predicted molar refractivity (Wildman–Crippen MR) is 72.8 cm³/mol. The summed E-state index contributed by atoms with van der Waals surface area (Å²) >= 11 is 0. The molecule has 0 radical (unpaired) electrons. The van der Waals surface area contributed by atoms with E-state index in [1.165, 1.54) is 18.6 Å². The van der Waals surface area contributed by atoms with Gasteiger partial charge in [0.15, 0.2) is 0 Å². The molecular weight excluding hydrogens is 255 g/mol. The number of carboxylic acids is 1. The van der Waals surface area contributed by atoms with Gasteiger partial charge >= 0.3 is 5.97 Å². The van der Waals surface area contributed by atoms with Crippen molar-refractivity contribution in [3.63, 3.8) is 0 Å². The fraction of sp³-hybridized carbons (Fsp3) is 0.588. The van der Waals surface area contributed by atoms with E-state index in [0.717, 1.165) is 43.1 Å². The second kappa shape index (κ2) is 4.06. The van der Waals surface area contributed by atoms with Crippen LogP contribution in [0.15, 0.2) is 24.3 Å². The highest BCUT2D eigenvalue weighted by Gasteiger charge is 2.61. The first kappa shape index (κ1) is 12.4. The van der Waals surface area contributed by atoms with Crippen molar-refractivity contribution in [1.82, 2.24) is 0 Å². The van der Waals surface area contributed by atoms with Crippen molar-refractivity contribution in [3.05, 3.63) is 35.6 Å². The van der Waals surface area contributed by atoms with Crippen molar-refractivity contribution in [2.24, 2.45) is 23.7 Å². The van der Waals surface area contributed by atoms with Crippen molar-refractivity contribution >= 4 is 5.97 Å². The van der Waals surface area contributed by atoms with Crippen LogP contribution in [0, 0.1) is 29.5 Å². The molecule has 5 rings (SSSR count). The summed E-state index contributed by atoms with van der Waals surface area (Å²) in [4.78, 5) is 12.2. The van der Waals surface area contributed by atoms with Gasteiger partial charge in [-0.15, -0.1) is 0 Å². The molecule has 3 heteroatoms. The van der Waals surface area contributed by atoms with E-state index in [4.69, 9.17) is 0 Å². The van der Waals surface area contributed by atoms with Gasteiger partial charge in [-0.1, -0.05) is 12.1 Å². The minimum atomic E-state index is -0.763. The van der Waals surface area contributed by atoms with Gasteiger partial charge in [-0.3, -0.25) is 4.79 Å². The van der Waals surface area contributed by atoms with E-state index in [9.17, 15) is 14.3 Å². The Balaban J connectivity index is 1.85. The maximum Gasteiger partial charge on any atom is 0.314 e. The molecule has 1 aromatic carbocycles. The highest BCUT2D eigenvalue weighted by atomic mass is 19.1. The zero-order valence-electron chi connectivity index (χ0n) is 11.4. The summed E-state index contributed by atoms with van der Waals surface area (Å²) in [5, 5.41) is 10.0. The SMILES string of the molecule is O=C(O)C1(c2ccc(F)cc2)C2CC3CC(C2)CC1C3. The van der Waals surface area contributed by atoms with Crippen molar-refractivity contribution < 1.29 is 14.3 Å². The third-order valence-corrected chi connectivity index (χ3v) is 6.10. The fourth-order valence-electron chi connectivity index (χ4n) is 5.60. The van der Waals surface area contributed by atoms with E-state index in [1.54, 1.807) is 12.1 Å². The molecule has 0 saturated heterocycles. The topological polar surface area (TPSA) is 37.3 Å². The molecule has 4 bridgehead atoms. The summed E-state index contributed by atoms with van der Waals surface area (Å²) in [6.45, 7) is 0. The van der Waals surface area contributed by atoms with Gasteiger partial charge < -0.3 is 5.11 Å². The molecular formula is C17H19FO2. The van der Waals surface area contributed by atoms with Crippen LogP contribution < -0.4 is 0 Å². The second-order valence-corrected chi connectivity index (χ2v) is 6.99. The normalized spacial score (nSPS) is 41.9. The number of carbonyl (C=O) groups is 1. The second-order valence-electron chi connectivity index (χ2n) is 6.99. The molecule has 0 aliphatic heterocycles. The van der Waals surface area contributed by atoms with Gasteiger partial charge in [-0.2, -0.15) is 0 Å². The van der Waals surface area contributed by atoms with Crippen molar-refractivity contribution in [3.8, 4) is 0 Å². The maximum atomic E-state index is 13.2. The van der Waals surface area contributed by atoms with Crippen LogP contribution in [0.2, 0.25) is 0 Å². The zero-order chi connectivity index (χ0) is 13.9. The van der Waals surface area contributed by atoms with Gasteiger partial charge in [-0.05, 0) is 73.5 Å². The summed E-state index contributed by atoms with van der Waals surface area (Å²) in [6.07, 6.45) is 5.45. The third kappa shape index (κ3) is 1.46. The van der Waals surface area contributed by atoms with E-state index < -0.39 is 11.4 Å². The monoisotopic (exact) mass is 274 g/mol. The van der Waals surface area contributed by atoms with Crippen LogP contribution in [0.4, 0.5) is 4.39 Å². The molecule has 20 heavy (non-hydrogen) atoms. The van der Waals surface area contributed by atoms with E-state index in [1.807, 2.05) is 0 Å². The van der Waals surface area contributed by atoms with Crippen LogP contribution in [0.3, 0.4) is 0 Å². The van der Waals surface area contributed by atoms with Crippen LogP contribution in [-0.2, 0) is 10.2 Å². The van der Waals surface area contributed by atoms with Crippen molar-refractivity contribution in [1.29, 1.82) is 0 Å². The Morgan fingerprint density at radius 2 is 1.50 bits per heavy atom. The maximum absolute atomic E-state index is 13.2. The number of hydrogen-bond acceptors (Lipinski definition) is 1. The molecule has 4 fully saturated rings. The largest absolute Gasteiger partial charge is 0.481 e. The standard InChI is InChI=1S/C17H19FO2/c18-15-3-1-12(2-4-15)17(16(19)20)13-6-10-5-11(8-13)9-14(17)7-10/h1-4,10-11,13-14H,5-9H2,(H,19,20). The zero-order valence-corrected chi connectivity index (χ0v) is 11.4. The van der Waals surface area contributed by atoms with Crippen LogP contribution in [0.1, 0.15) is 37.7 Å². The molecule has 0 atom stereocenters. The van der Waals surface area contributed by atoms with Crippen molar-refractivity contribution in [2.75, 3.05) is 0 Å². The lowest BCUT2D eigenvalue weighted by molar-refractivity contribution is -0.161. The quantitative estimate of drug-likeness (QED) is 0.894. The smallest absolute Gasteiger partial charge is 0.314 e. The first-order valence-electron chi connectivity index (χ1n) is 7.60. The molecule has 4 aliphatic rings. The highest BCUT2D eigenvalue weighted by molar-refractivity contribution is 5.83. The summed E-state index contributed by atoms with van der Waals surface area (Å²) in [5.41, 5.74) is 0.0569. The number of aliphatic carboxylic acids is 1. The Morgan fingerprint density at radius 3 is 1.95 bits per heavy atom. The average Bonchev–Trinajstić information content (AvgIpc) is 2.39. The Labute approximate surface area is 118 Å². The molecule has 0 aromatic heterocycles. The molecule has 4 saturated carbocycles. The van der Waals surface area contributed by atoms with Gasteiger partial charge in [0, 0.05) is 0 Å². The molecule has 2 nitrogen and oxygen atoms in total. The molecule has 4 aliphatic carbocycles. The Kier molecular flexibility index (Phi) is 2.51. The lowest BCUT2D eigenvalue weighted by atomic mass is 9.44. The van der Waals surface area contributed by atoms with Crippen LogP contribution in [0.25, 0.3) is 0 Å². The molecule has 106 valence electrons. The molecule has 1 aromatic rings. The average molecular weight is 274 g/mol. The lowest BCUT2D eigenvalue weighted by Gasteiger charge is -2.59. The van der Waals surface area contributed by atoms with Gasteiger partial charge in [-0.25, -0.2) is 4.39 Å². The molecule has 0 spiro atoms. The number of halogens is 1. The van der Waals surface area contributed by atoms with Gasteiger partial charge in [0.1, 0.15) is 5.82 Å². The first-order chi connectivity index (χ1) is 9.60. The molecule has 0 unspecified atom stereocenters. The van der Waals surface area contributed by atoms with Crippen LogP contribution in [-0.4, -0.2) is 11.1 Å². The van der Waals surface area contributed by atoms with Crippen LogP contribution >= 0.6 is 0 Å². The summed E-state index contributed by atoms with van der Waals surface area (Å²) in [7, 11) is 0. The number of hydrogen-bond donors (Lipinski definition) is 1. The van der Waals surface area contributed by atoms with E-state index in [2.05, 4.69) is 0 Å². The van der Waals surface area contributed by atoms with E-state index in [-0.39, 0.29) is 17.7 Å². The lowest BCUT2D eigenvalue weighted by Crippen LogP contribution is -2.59. The molecule has 0 heterocycles. The summed E-state index contributed by atoms with van der Waals surface area (Å²) < 4.78 is 13.2. The Bertz CT molecular complexity index is 521. The van der Waals surface area contributed by atoms with E-state index in [0.29, 0.717) is 0 Å². The third-order valence-electron chi connectivity index (χ3n) is 6.10. The highest BCUT2D eigenvalue weighted by Crippen LogP contribution is 2.62. The van der Waals surface area contributed by atoms with Gasteiger partial charge in [0.05, 0.1) is 5.41 Å². The van der Waals surface area contributed by atoms with Crippen LogP contribution in [0.5, 0.6) is 0 Å². The Morgan fingerprint density at radius 1 is 1.00 bits per heavy atom. The molecule has 1 N–H and O–H groups in total. The number of benzene rings is 1. The minimum absolute atomic E-state index is 0.238. The first-order valence-corrected chi connectivity index (χ1v) is 7.60. The molecule has 0 amide bonds. The summed E-state index contributed by atoms with van der Waals surface area (Å²) in [6, 6.07) is 6.22. The Hall–Kier alpha value is -1.38.